The van der Waals surface area contributed by atoms with Gasteiger partial charge in [0.05, 0.1) is 0 Å². The molecule has 0 fully saturated rings. The quantitative estimate of drug-likeness (QED) is 0.684. The number of hydrogen-bond donors (Lipinski definition) is 2. The number of hydrogen-bond acceptors (Lipinski definition) is 6. The highest BCUT2D eigenvalue weighted by Gasteiger charge is 2.14. The highest BCUT2D eigenvalue weighted by Crippen LogP contribution is 2.32. The summed E-state index contributed by atoms with van der Waals surface area (Å²) in [5, 5.41) is 13.3. The van der Waals surface area contributed by atoms with E-state index in [1.54, 1.807) is 22.7 Å². The maximum Gasteiger partial charge on any atom is 0.235 e. The number of benzene rings is 1. The average Bonchev–Trinajstić information content (AvgIpc) is 3.31. The molecule has 0 spiro atoms. The lowest BCUT2D eigenvalue weighted by Gasteiger charge is -2.06. The minimum absolute atomic E-state index is 0.0503. The lowest BCUT2D eigenvalue weighted by molar-refractivity contribution is -0.124. The van der Waals surface area contributed by atoms with Gasteiger partial charge in [0.15, 0.2) is 17.1 Å². The van der Waals surface area contributed by atoms with Gasteiger partial charge in [0, 0.05) is 25.6 Å². The number of nitrogens with one attached hydrogen (secondary N) is 2. The first kappa shape index (κ1) is 16.8. The van der Waals surface area contributed by atoms with Gasteiger partial charge in [-0.15, -0.1) is 10.2 Å². The third kappa shape index (κ3) is 3.81. The largest absolute Gasteiger partial charge is 0.454 e. The van der Waals surface area contributed by atoms with Gasteiger partial charge in [-0.2, -0.15) is 0 Å². The number of ether oxygens (including phenoxy) is 2. The number of amides is 2. The third-order valence-corrected chi connectivity index (χ3v) is 4.07. The van der Waals surface area contributed by atoms with Crippen molar-refractivity contribution in [3.8, 4) is 11.5 Å². The Labute approximate surface area is 154 Å². The van der Waals surface area contributed by atoms with Crippen LogP contribution in [0, 0.1) is 0 Å². The van der Waals surface area contributed by atoms with Crippen molar-refractivity contribution in [3.63, 3.8) is 0 Å². The fourth-order valence-corrected chi connectivity index (χ4v) is 2.68. The van der Waals surface area contributed by atoms with E-state index in [9.17, 15) is 9.59 Å². The first-order chi connectivity index (χ1) is 13.2. The van der Waals surface area contributed by atoms with Crippen molar-refractivity contribution in [1.29, 1.82) is 0 Å². The van der Waals surface area contributed by atoms with E-state index >= 15 is 0 Å². The van der Waals surface area contributed by atoms with Crippen molar-refractivity contribution in [2.24, 2.45) is 0 Å². The number of carbonyl (C=O) groups excluding carboxylic acids is 2. The molecule has 138 valence electrons. The molecule has 1 aliphatic rings. The minimum Gasteiger partial charge on any atom is -0.454 e. The molecule has 9 heteroatoms. The van der Waals surface area contributed by atoms with Gasteiger partial charge < -0.3 is 14.8 Å². The number of nitrogens with zero attached hydrogens (tertiary/aromatic N) is 3. The first-order valence-electron chi connectivity index (χ1n) is 8.44. The van der Waals surface area contributed by atoms with Crippen molar-refractivity contribution in [2.75, 3.05) is 12.1 Å². The molecule has 0 radical (unpaired) electrons. The Morgan fingerprint density at radius 3 is 2.81 bits per heavy atom. The number of rotatable bonds is 6. The molecule has 1 aliphatic heterocycles. The normalized spacial score (nSPS) is 12.1. The number of anilines is 1. The first-order valence-corrected chi connectivity index (χ1v) is 8.44. The van der Waals surface area contributed by atoms with Gasteiger partial charge in [0.2, 0.25) is 24.6 Å². The standard InChI is InChI=1S/C18H17N5O4/c24-16(19-10-12-4-5-13-14(9-12)27-11-26-13)6-7-17(25)20-18-22-21-15-3-1-2-8-23(15)18/h1-5,8-9H,6-7,10-11H2,(H,19,24)(H,20,22,25). The molecular weight excluding hydrogens is 350 g/mol. The number of carbonyl (C=O) groups is 2. The van der Waals surface area contributed by atoms with E-state index in [0.29, 0.717) is 29.6 Å². The molecule has 0 atom stereocenters. The van der Waals surface area contributed by atoms with Gasteiger partial charge in [0.1, 0.15) is 0 Å². The summed E-state index contributed by atoms with van der Waals surface area (Å²) in [5.74, 6) is 1.18. The van der Waals surface area contributed by atoms with Crippen LogP contribution in [0.3, 0.4) is 0 Å². The molecule has 4 rings (SSSR count). The van der Waals surface area contributed by atoms with E-state index in [4.69, 9.17) is 9.47 Å². The molecule has 2 N–H and O–H groups in total. The second-order valence-electron chi connectivity index (χ2n) is 5.96. The van der Waals surface area contributed by atoms with Crippen molar-refractivity contribution in [3.05, 3.63) is 48.2 Å². The van der Waals surface area contributed by atoms with Crippen LogP contribution < -0.4 is 20.1 Å². The minimum atomic E-state index is -0.300. The Bertz CT molecular complexity index is 1000. The molecule has 3 aromatic rings. The molecule has 3 heterocycles. The van der Waals surface area contributed by atoms with Crippen molar-refractivity contribution in [2.45, 2.75) is 19.4 Å². The van der Waals surface area contributed by atoms with Gasteiger partial charge in [-0.25, -0.2) is 0 Å². The Hall–Kier alpha value is -3.62. The summed E-state index contributed by atoms with van der Waals surface area (Å²) < 4.78 is 12.2. The summed E-state index contributed by atoms with van der Waals surface area (Å²) in [7, 11) is 0. The Kier molecular flexibility index (Phi) is 4.56. The van der Waals surface area contributed by atoms with Crippen LogP contribution in [0.5, 0.6) is 11.5 Å². The van der Waals surface area contributed by atoms with Crippen LogP contribution in [0.1, 0.15) is 18.4 Å². The van der Waals surface area contributed by atoms with Crippen LogP contribution >= 0.6 is 0 Å². The monoisotopic (exact) mass is 367 g/mol. The van der Waals surface area contributed by atoms with Crippen LogP contribution in [-0.2, 0) is 16.1 Å². The van der Waals surface area contributed by atoms with Crippen molar-refractivity contribution >= 4 is 23.4 Å². The fraction of sp³-hybridized carbons (Fsp3) is 0.222. The van der Waals surface area contributed by atoms with Crippen molar-refractivity contribution in [1.82, 2.24) is 19.9 Å². The van der Waals surface area contributed by atoms with E-state index in [2.05, 4.69) is 20.8 Å². The summed E-state index contributed by atoms with van der Waals surface area (Å²) in [6.45, 7) is 0.563. The Balaban J connectivity index is 1.24. The maximum atomic E-state index is 12.1. The van der Waals surface area contributed by atoms with E-state index in [0.717, 1.165) is 5.56 Å². The van der Waals surface area contributed by atoms with Crippen LogP contribution in [0.2, 0.25) is 0 Å². The predicted octanol–water partition coefficient (Wildman–Crippen LogP) is 1.49. The molecule has 0 aliphatic carbocycles. The Morgan fingerprint density at radius 1 is 1.04 bits per heavy atom. The summed E-state index contributed by atoms with van der Waals surface area (Å²) in [4.78, 5) is 24.0. The molecule has 1 aromatic carbocycles. The summed E-state index contributed by atoms with van der Waals surface area (Å²) in [6.07, 6.45) is 1.88. The van der Waals surface area contributed by atoms with Gasteiger partial charge in [-0.05, 0) is 29.8 Å². The van der Waals surface area contributed by atoms with Gasteiger partial charge in [0.25, 0.3) is 0 Å². The zero-order valence-corrected chi connectivity index (χ0v) is 14.3. The lowest BCUT2D eigenvalue weighted by atomic mass is 10.2. The summed E-state index contributed by atoms with van der Waals surface area (Å²) >= 11 is 0. The van der Waals surface area contributed by atoms with E-state index in [1.807, 2.05) is 24.3 Å². The van der Waals surface area contributed by atoms with Crippen LogP contribution in [0.4, 0.5) is 5.95 Å². The zero-order valence-electron chi connectivity index (χ0n) is 14.3. The van der Waals surface area contributed by atoms with E-state index in [1.165, 1.54) is 0 Å². The molecule has 2 amide bonds. The molecule has 2 aromatic heterocycles. The maximum absolute atomic E-state index is 12.1. The Morgan fingerprint density at radius 2 is 1.89 bits per heavy atom. The topological polar surface area (TPSA) is 107 Å². The smallest absolute Gasteiger partial charge is 0.235 e. The summed E-state index contributed by atoms with van der Waals surface area (Å²) in [6, 6.07) is 10.9. The number of pyridine rings is 1. The second-order valence-corrected chi connectivity index (χ2v) is 5.96. The number of aromatic nitrogens is 3. The van der Waals surface area contributed by atoms with Gasteiger partial charge in [-0.3, -0.25) is 19.3 Å². The molecule has 0 saturated carbocycles. The van der Waals surface area contributed by atoms with Crippen LogP contribution in [0.25, 0.3) is 5.65 Å². The van der Waals surface area contributed by atoms with Crippen LogP contribution in [0.15, 0.2) is 42.6 Å². The van der Waals surface area contributed by atoms with E-state index in [-0.39, 0.29) is 31.4 Å². The van der Waals surface area contributed by atoms with Crippen LogP contribution in [-0.4, -0.2) is 33.2 Å². The third-order valence-electron chi connectivity index (χ3n) is 4.07. The molecule has 9 nitrogen and oxygen atoms in total. The zero-order chi connectivity index (χ0) is 18.6. The predicted molar refractivity (Wildman–Crippen MR) is 95.3 cm³/mol. The SMILES string of the molecule is O=C(CCC(=O)Nc1nnc2ccccn12)NCc1ccc2c(c1)OCO2. The average molecular weight is 367 g/mol. The van der Waals surface area contributed by atoms with Gasteiger partial charge >= 0.3 is 0 Å². The number of fused-ring (bicyclic) bond motifs is 2. The summed E-state index contributed by atoms with van der Waals surface area (Å²) in [5.41, 5.74) is 1.53. The molecule has 0 bridgehead atoms. The highest BCUT2D eigenvalue weighted by atomic mass is 16.7. The second kappa shape index (κ2) is 7.32. The molecule has 0 saturated heterocycles. The highest BCUT2D eigenvalue weighted by molar-refractivity contribution is 5.92. The molecule has 27 heavy (non-hydrogen) atoms. The fourth-order valence-electron chi connectivity index (χ4n) is 2.68. The lowest BCUT2D eigenvalue weighted by Crippen LogP contribution is -2.24. The molecule has 0 unspecified atom stereocenters. The van der Waals surface area contributed by atoms with E-state index < -0.39 is 0 Å². The van der Waals surface area contributed by atoms with Crippen molar-refractivity contribution < 1.29 is 19.1 Å². The van der Waals surface area contributed by atoms with Gasteiger partial charge in [-0.1, -0.05) is 12.1 Å². The molecular formula is C18H17N5O4.